The molecule has 4 rings (SSSR count). The molecule has 1 spiro atoms. The molecule has 3 aliphatic rings. The van der Waals surface area contributed by atoms with Gasteiger partial charge < -0.3 is 15.1 Å². The van der Waals surface area contributed by atoms with Gasteiger partial charge in [0.05, 0.1) is 0 Å². The fraction of sp³-hybridized carbons (Fsp3) is 0.762. The number of carbonyl (C=O) groups excluding carboxylic acids is 1. The number of aromatic nitrogens is 2. The Morgan fingerprint density at radius 1 is 1.11 bits per heavy atom. The fourth-order valence-corrected chi connectivity index (χ4v) is 4.86. The Morgan fingerprint density at radius 2 is 1.86 bits per heavy atom. The number of rotatable bonds is 3. The van der Waals surface area contributed by atoms with Crippen molar-refractivity contribution >= 4 is 11.7 Å². The lowest BCUT2D eigenvalue weighted by Crippen LogP contribution is -2.64. The zero-order valence-corrected chi connectivity index (χ0v) is 17.8. The SMILES string of the molecule is CC(C)Cc1nc2c(c(N3CCN(C)C4(CCN(C)CC4)C3)n1)CCNC2=O. The van der Waals surface area contributed by atoms with Crippen LogP contribution in [0.5, 0.6) is 0 Å². The molecule has 1 amide bonds. The molecule has 154 valence electrons. The summed E-state index contributed by atoms with van der Waals surface area (Å²) in [5.74, 6) is 2.24. The Bertz CT molecular complexity index is 741. The molecular formula is C21H34N6O. The zero-order valence-electron chi connectivity index (χ0n) is 17.8. The number of amides is 1. The van der Waals surface area contributed by atoms with Crippen LogP contribution in [0.2, 0.25) is 0 Å². The van der Waals surface area contributed by atoms with Gasteiger partial charge in [-0.25, -0.2) is 9.97 Å². The van der Waals surface area contributed by atoms with E-state index < -0.39 is 0 Å². The van der Waals surface area contributed by atoms with Crippen molar-refractivity contribution in [3.63, 3.8) is 0 Å². The number of nitrogens with one attached hydrogen (secondary N) is 1. The topological polar surface area (TPSA) is 64.6 Å². The monoisotopic (exact) mass is 386 g/mol. The first-order chi connectivity index (χ1) is 13.4. The maximum Gasteiger partial charge on any atom is 0.270 e. The predicted molar refractivity (Wildman–Crippen MR) is 111 cm³/mol. The van der Waals surface area contributed by atoms with Gasteiger partial charge in [-0.1, -0.05) is 13.8 Å². The molecule has 4 heterocycles. The van der Waals surface area contributed by atoms with Crippen LogP contribution >= 0.6 is 0 Å². The van der Waals surface area contributed by atoms with Gasteiger partial charge in [0.1, 0.15) is 17.3 Å². The Kier molecular flexibility index (Phi) is 5.31. The molecule has 3 aliphatic heterocycles. The maximum atomic E-state index is 12.5. The smallest absolute Gasteiger partial charge is 0.270 e. The molecule has 0 aromatic carbocycles. The summed E-state index contributed by atoms with van der Waals surface area (Å²) in [6.07, 6.45) is 3.99. The van der Waals surface area contributed by atoms with E-state index in [4.69, 9.17) is 4.98 Å². The third-order valence-electron chi connectivity index (χ3n) is 6.72. The van der Waals surface area contributed by atoms with Gasteiger partial charge in [0.15, 0.2) is 0 Å². The summed E-state index contributed by atoms with van der Waals surface area (Å²) < 4.78 is 0. The molecule has 0 atom stereocenters. The Morgan fingerprint density at radius 3 is 2.57 bits per heavy atom. The van der Waals surface area contributed by atoms with Gasteiger partial charge in [-0.3, -0.25) is 9.69 Å². The third kappa shape index (κ3) is 3.62. The molecule has 0 radical (unpaired) electrons. The summed E-state index contributed by atoms with van der Waals surface area (Å²) in [6, 6.07) is 0. The number of likely N-dealkylation sites (tertiary alicyclic amines) is 1. The second-order valence-electron chi connectivity index (χ2n) is 9.27. The van der Waals surface area contributed by atoms with Crippen LogP contribution in [0.25, 0.3) is 0 Å². The Hall–Kier alpha value is -1.73. The quantitative estimate of drug-likeness (QED) is 0.842. The largest absolute Gasteiger partial charge is 0.353 e. The number of hydrogen-bond acceptors (Lipinski definition) is 6. The van der Waals surface area contributed by atoms with Crippen LogP contribution in [0.4, 0.5) is 5.82 Å². The minimum atomic E-state index is -0.0435. The Labute approximate surface area is 168 Å². The number of anilines is 1. The van der Waals surface area contributed by atoms with Gasteiger partial charge in [-0.15, -0.1) is 0 Å². The molecule has 0 aliphatic carbocycles. The van der Waals surface area contributed by atoms with Crippen molar-refractivity contribution in [3.05, 3.63) is 17.1 Å². The number of piperazine rings is 1. The van der Waals surface area contributed by atoms with Crippen LogP contribution in [0, 0.1) is 5.92 Å². The van der Waals surface area contributed by atoms with Crippen LogP contribution in [0.3, 0.4) is 0 Å². The highest BCUT2D eigenvalue weighted by Crippen LogP contribution is 2.34. The van der Waals surface area contributed by atoms with E-state index in [1.54, 1.807) is 0 Å². The lowest BCUT2D eigenvalue weighted by molar-refractivity contribution is 0.0382. The lowest BCUT2D eigenvalue weighted by Gasteiger charge is -2.53. The molecule has 0 saturated carbocycles. The number of fused-ring (bicyclic) bond motifs is 1. The molecular weight excluding hydrogens is 352 g/mol. The van der Waals surface area contributed by atoms with Crippen LogP contribution in [0.1, 0.15) is 48.6 Å². The average Bonchev–Trinajstić information content (AvgIpc) is 2.66. The first-order valence-corrected chi connectivity index (χ1v) is 10.7. The summed E-state index contributed by atoms with van der Waals surface area (Å²) in [6.45, 7) is 10.3. The first kappa shape index (κ1) is 19.6. The molecule has 7 heteroatoms. The summed E-state index contributed by atoms with van der Waals surface area (Å²) >= 11 is 0. The normalized spacial score (nSPS) is 23.2. The Balaban J connectivity index is 1.69. The van der Waals surface area contributed by atoms with E-state index in [1.807, 2.05) is 0 Å². The molecule has 1 aromatic heterocycles. The summed E-state index contributed by atoms with van der Waals surface area (Å²) in [5.41, 5.74) is 1.85. The molecule has 0 bridgehead atoms. The van der Waals surface area contributed by atoms with Crippen LogP contribution in [0.15, 0.2) is 0 Å². The predicted octanol–water partition coefficient (Wildman–Crippen LogP) is 1.18. The van der Waals surface area contributed by atoms with Crippen molar-refractivity contribution in [2.75, 3.05) is 58.3 Å². The molecule has 1 N–H and O–H groups in total. The van der Waals surface area contributed by atoms with Gasteiger partial charge in [0.25, 0.3) is 5.91 Å². The van der Waals surface area contributed by atoms with Crippen molar-refractivity contribution in [3.8, 4) is 0 Å². The number of piperidine rings is 1. The van der Waals surface area contributed by atoms with Crippen molar-refractivity contribution in [2.24, 2.45) is 5.92 Å². The molecule has 0 unspecified atom stereocenters. The van der Waals surface area contributed by atoms with Crippen LogP contribution in [-0.4, -0.2) is 84.6 Å². The van der Waals surface area contributed by atoms with Crippen molar-refractivity contribution in [1.82, 2.24) is 25.1 Å². The van der Waals surface area contributed by atoms with E-state index >= 15 is 0 Å². The average molecular weight is 387 g/mol. The van der Waals surface area contributed by atoms with E-state index in [0.29, 0.717) is 18.2 Å². The summed E-state index contributed by atoms with van der Waals surface area (Å²) in [5, 5.41) is 2.96. The van der Waals surface area contributed by atoms with Gasteiger partial charge in [-0.2, -0.15) is 0 Å². The number of hydrogen-bond donors (Lipinski definition) is 1. The number of carbonyl (C=O) groups is 1. The second-order valence-corrected chi connectivity index (χ2v) is 9.27. The standard InChI is InChI=1S/C21H34N6O/c1-15(2)13-17-23-18-16(5-8-22-20(18)28)19(24-17)27-12-11-26(4)21(14-27)6-9-25(3)10-7-21/h15H,5-14H2,1-4H3,(H,22,28). The molecule has 7 nitrogen and oxygen atoms in total. The van der Waals surface area contributed by atoms with E-state index in [0.717, 1.165) is 62.8 Å². The second kappa shape index (κ2) is 7.59. The minimum Gasteiger partial charge on any atom is -0.353 e. The van der Waals surface area contributed by atoms with Crippen molar-refractivity contribution < 1.29 is 4.79 Å². The third-order valence-corrected chi connectivity index (χ3v) is 6.72. The highest BCUT2D eigenvalue weighted by molar-refractivity contribution is 5.96. The highest BCUT2D eigenvalue weighted by Gasteiger charge is 2.42. The summed E-state index contributed by atoms with van der Waals surface area (Å²) in [4.78, 5) is 29.6. The highest BCUT2D eigenvalue weighted by atomic mass is 16.1. The number of likely N-dealkylation sites (N-methyl/N-ethyl adjacent to an activating group) is 1. The van der Waals surface area contributed by atoms with Crippen LogP contribution < -0.4 is 10.2 Å². The van der Waals surface area contributed by atoms with Gasteiger partial charge >= 0.3 is 0 Å². The van der Waals surface area contributed by atoms with E-state index in [1.165, 1.54) is 12.8 Å². The molecule has 28 heavy (non-hydrogen) atoms. The molecule has 2 fully saturated rings. The summed E-state index contributed by atoms with van der Waals surface area (Å²) in [7, 11) is 4.49. The maximum absolute atomic E-state index is 12.5. The number of nitrogens with zero attached hydrogens (tertiary/aromatic N) is 5. The first-order valence-electron chi connectivity index (χ1n) is 10.7. The lowest BCUT2D eigenvalue weighted by atomic mass is 9.83. The van der Waals surface area contributed by atoms with Crippen molar-refractivity contribution in [2.45, 2.75) is 45.1 Å². The fourth-order valence-electron chi connectivity index (χ4n) is 4.86. The van der Waals surface area contributed by atoms with Gasteiger partial charge in [-0.05, 0) is 52.4 Å². The minimum absolute atomic E-state index is 0.0435. The van der Waals surface area contributed by atoms with Gasteiger partial charge in [0.2, 0.25) is 0 Å². The van der Waals surface area contributed by atoms with Crippen molar-refractivity contribution in [1.29, 1.82) is 0 Å². The van der Waals surface area contributed by atoms with E-state index in [-0.39, 0.29) is 11.4 Å². The zero-order chi connectivity index (χ0) is 19.9. The molecule has 2 saturated heterocycles. The van der Waals surface area contributed by atoms with Gasteiger partial charge in [0, 0.05) is 43.7 Å². The van der Waals surface area contributed by atoms with E-state index in [2.05, 4.69) is 52.9 Å². The van der Waals surface area contributed by atoms with E-state index in [9.17, 15) is 4.79 Å². The molecule has 1 aromatic rings. The van der Waals surface area contributed by atoms with Crippen LogP contribution in [-0.2, 0) is 12.8 Å².